The molecular weight excluding hydrogens is 359 g/mol. The zero-order valence-electron chi connectivity index (χ0n) is 11.1. The molecule has 112 valence electrons. The molecule has 0 aliphatic heterocycles. The fourth-order valence-corrected chi connectivity index (χ4v) is 2.28. The van der Waals surface area contributed by atoms with Crippen LogP contribution in [-0.2, 0) is 6.18 Å². The highest BCUT2D eigenvalue weighted by Gasteiger charge is 2.40. The lowest BCUT2D eigenvalue weighted by Crippen LogP contribution is -2.05. The molecule has 0 bridgehead atoms. The van der Waals surface area contributed by atoms with Crippen molar-refractivity contribution in [3.05, 3.63) is 64.8 Å². The lowest BCUT2D eigenvalue weighted by atomic mass is 10.1. The van der Waals surface area contributed by atoms with Gasteiger partial charge in [0.2, 0.25) is 11.7 Å². The minimum atomic E-state index is -4.61. The van der Waals surface area contributed by atoms with Gasteiger partial charge in [-0.3, -0.25) is 0 Å². The number of hydrogen-bond donors (Lipinski definition) is 0. The molecule has 0 fully saturated rings. The van der Waals surface area contributed by atoms with Crippen LogP contribution >= 0.6 is 15.9 Å². The second kappa shape index (κ2) is 5.61. The third kappa shape index (κ3) is 2.92. The smallest absolute Gasteiger partial charge is 0.431 e. The molecule has 22 heavy (non-hydrogen) atoms. The summed E-state index contributed by atoms with van der Waals surface area (Å²) in [4.78, 5) is 4.04. The Morgan fingerprint density at radius 2 is 1.50 bits per heavy atom. The minimum absolute atomic E-state index is 0.0501. The van der Waals surface area contributed by atoms with Gasteiger partial charge in [0.25, 0.3) is 0 Å². The van der Waals surface area contributed by atoms with Crippen molar-refractivity contribution in [2.24, 2.45) is 0 Å². The van der Waals surface area contributed by atoms with E-state index in [1.807, 2.05) is 0 Å². The molecule has 6 heteroatoms. The number of aromatic nitrogens is 1. The van der Waals surface area contributed by atoms with Gasteiger partial charge in [0, 0.05) is 15.6 Å². The Hall–Kier alpha value is -2.08. The Balaban J connectivity index is 2.16. The molecule has 0 unspecified atom stereocenters. The Bertz CT molecular complexity index is 779. The summed E-state index contributed by atoms with van der Waals surface area (Å²) in [6.45, 7) is 0. The first kappa shape index (κ1) is 14.8. The molecule has 0 aliphatic rings. The first-order valence-electron chi connectivity index (χ1n) is 6.34. The van der Waals surface area contributed by atoms with Crippen molar-refractivity contribution in [1.29, 1.82) is 0 Å². The topological polar surface area (TPSA) is 26.0 Å². The molecule has 0 saturated heterocycles. The average Bonchev–Trinajstić information content (AvgIpc) is 2.94. The van der Waals surface area contributed by atoms with Crippen LogP contribution in [0.3, 0.4) is 0 Å². The standard InChI is InChI=1S/C16H9BrF3NO/c17-12-8-6-10(7-9-12)13-14(16(18,19)20)22-15(21-13)11-4-2-1-3-5-11/h1-9H. The van der Waals surface area contributed by atoms with Crippen molar-refractivity contribution in [2.75, 3.05) is 0 Å². The van der Waals surface area contributed by atoms with Gasteiger partial charge in [-0.15, -0.1) is 0 Å². The van der Waals surface area contributed by atoms with Crippen LogP contribution in [0.15, 0.2) is 63.5 Å². The molecule has 0 atom stereocenters. The number of halogens is 4. The lowest BCUT2D eigenvalue weighted by Gasteiger charge is -2.04. The van der Waals surface area contributed by atoms with E-state index >= 15 is 0 Å². The maximum absolute atomic E-state index is 13.2. The fraction of sp³-hybridized carbons (Fsp3) is 0.0625. The highest BCUT2D eigenvalue weighted by Crippen LogP contribution is 2.39. The van der Waals surface area contributed by atoms with E-state index in [2.05, 4.69) is 20.9 Å². The number of rotatable bonds is 2. The molecule has 2 nitrogen and oxygen atoms in total. The van der Waals surface area contributed by atoms with E-state index < -0.39 is 11.9 Å². The van der Waals surface area contributed by atoms with E-state index in [4.69, 9.17) is 4.42 Å². The van der Waals surface area contributed by atoms with E-state index in [1.165, 1.54) is 0 Å². The number of benzene rings is 2. The van der Waals surface area contributed by atoms with Crippen molar-refractivity contribution in [3.63, 3.8) is 0 Å². The second-order valence-electron chi connectivity index (χ2n) is 4.57. The number of nitrogens with zero attached hydrogens (tertiary/aromatic N) is 1. The van der Waals surface area contributed by atoms with Gasteiger partial charge in [0.15, 0.2) is 0 Å². The van der Waals surface area contributed by atoms with Gasteiger partial charge in [-0.1, -0.05) is 46.3 Å². The summed E-state index contributed by atoms with van der Waals surface area (Å²) in [5.41, 5.74) is 0.636. The molecule has 0 N–H and O–H groups in total. The quantitative estimate of drug-likeness (QED) is 0.572. The SMILES string of the molecule is FC(F)(F)c1oc(-c2ccccc2)nc1-c1ccc(Br)cc1. The van der Waals surface area contributed by atoms with E-state index in [9.17, 15) is 13.2 Å². The largest absolute Gasteiger partial charge is 0.451 e. The van der Waals surface area contributed by atoms with Gasteiger partial charge in [-0.2, -0.15) is 13.2 Å². The van der Waals surface area contributed by atoms with Crippen LogP contribution in [0.4, 0.5) is 13.2 Å². The Kier molecular flexibility index (Phi) is 3.78. The van der Waals surface area contributed by atoms with E-state index in [-0.39, 0.29) is 11.6 Å². The number of alkyl halides is 3. The second-order valence-corrected chi connectivity index (χ2v) is 5.48. The van der Waals surface area contributed by atoms with Crippen LogP contribution in [0.1, 0.15) is 5.76 Å². The molecule has 2 aromatic carbocycles. The van der Waals surface area contributed by atoms with Crippen LogP contribution in [-0.4, -0.2) is 4.98 Å². The van der Waals surface area contributed by atoms with Crippen LogP contribution in [0.2, 0.25) is 0 Å². The highest BCUT2D eigenvalue weighted by molar-refractivity contribution is 9.10. The summed E-state index contributed by atoms with van der Waals surface area (Å²) < 4.78 is 45.4. The lowest BCUT2D eigenvalue weighted by molar-refractivity contribution is -0.152. The molecular formula is C16H9BrF3NO. The third-order valence-corrected chi connectivity index (χ3v) is 3.55. The monoisotopic (exact) mass is 367 g/mol. The zero-order chi connectivity index (χ0) is 15.7. The fourth-order valence-electron chi connectivity index (χ4n) is 2.02. The van der Waals surface area contributed by atoms with Crippen molar-refractivity contribution in [3.8, 4) is 22.7 Å². The van der Waals surface area contributed by atoms with Gasteiger partial charge in [-0.05, 0) is 24.3 Å². The van der Waals surface area contributed by atoms with Gasteiger partial charge < -0.3 is 4.42 Å². The van der Waals surface area contributed by atoms with Crippen LogP contribution in [0.25, 0.3) is 22.7 Å². The van der Waals surface area contributed by atoms with Gasteiger partial charge >= 0.3 is 6.18 Å². The van der Waals surface area contributed by atoms with Crippen LogP contribution in [0, 0.1) is 0 Å². The molecule has 1 aromatic heterocycles. The molecule has 3 rings (SSSR count). The maximum atomic E-state index is 13.2. The van der Waals surface area contributed by atoms with Crippen molar-refractivity contribution in [2.45, 2.75) is 6.18 Å². The Morgan fingerprint density at radius 3 is 2.09 bits per heavy atom. The highest BCUT2D eigenvalue weighted by atomic mass is 79.9. The van der Waals surface area contributed by atoms with E-state index in [0.29, 0.717) is 11.1 Å². The van der Waals surface area contributed by atoms with Crippen LogP contribution < -0.4 is 0 Å². The molecule has 0 spiro atoms. The predicted molar refractivity (Wildman–Crippen MR) is 80.1 cm³/mol. The summed E-state index contributed by atoms with van der Waals surface area (Å²) in [7, 11) is 0. The van der Waals surface area contributed by atoms with Gasteiger partial charge in [-0.25, -0.2) is 4.98 Å². The van der Waals surface area contributed by atoms with E-state index in [1.54, 1.807) is 54.6 Å². The van der Waals surface area contributed by atoms with Gasteiger partial charge in [0.1, 0.15) is 5.69 Å². The zero-order valence-corrected chi connectivity index (χ0v) is 12.6. The molecule has 0 radical (unpaired) electrons. The molecule has 0 amide bonds. The van der Waals surface area contributed by atoms with Crippen molar-refractivity contribution < 1.29 is 17.6 Å². The Morgan fingerprint density at radius 1 is 0.864 bits per heavy atom. The molecule has 1 heterocycles. The summed E-state index contributed by atoms with van der Waals surface area (Å²) in [5.74, 6) is -1.14. The summed E-state index contributed by atoms with van der Waals surface area (Å²) in [6, 6.07) is 14.9. The summed E-state index contributed by atoms with van der Waals surface area (Å²) >= 11 is 3.25. The summed E-state index contributed by atoms with van der Waals surface area (Å²) in [6.07, 6.45) is -4.61. The summed E-state index contributed by atoms with van der Waals surface area (Å²) in [5, 5.41) is 0. The predicted octanol–water partition coefficient (Wildman–Crippen LogP) is 5.79. The third-order valence-electron chi connectivity index (χ3n) is 3.02. The Labute approximate surface area is 132 Å². The average molecular weight is 368 g/mol. The molecule has 3 aromatic rings. The van der Waals surface area contributed by atoms with Crippen molar-refractivity contribution >= 4 is 15.9 Å². The first-order chi connectivity index (χ1) is 10.4. The number of hydrogen-bond acceptors (Lipinski definition) is 2. The maximum Gasteiger partial charge on any atom is 0.451 e. The van der Waals surface area contributed by atoms with Crippen molar-refractivity contribution in [1.82, 2.24) is 4.98 Å². The number of oxazole rings is 1. The first-order valence-corrected chi connectivity index (χ1v) is 7.14. The normalized spacial score (nSPS) is 11.6. The molecule has 0 aliphatic carbocycles. The van der Waals surface area contributed by atoms with Crippen LogP contribution in [0.5, 0.6) is 0 Å². The minimum Gasteiger partial charge on any atom is -0.431 e. The van der Waals surface area contributed by atoms with Gasteiger partial charge in [0.05, 0.1) is 0 Å². The molecule has 0 saturated carbocycles. The van der Waals surface area contributed by atoms with E-state index in [0.717, 1.165) is 4.47 Å².